The minimum Gasteiger partial charge on any atom is -0.493 e. The van der Waals surface area contributed by atoms with Gasteiger partial charge < -0.3 is 43.2 Å². The summed E-state index contributed by atoms with van der Waals surface area (Å²) in [5, 5.41) is 9.15. The van der Waals surface area contributed by atoms with Crippen LogP contribution in [0.3, 0.4) is 0 Å². The van der Waals surface area contributed by atoms with Crippen molar-refractivity contribution in [3.63, 3.8) is 0 Å². The van der Waals surface area contributed by atoms with Crippen molar-refractivity contribution >= 4 is 17.8 Å². The Morgan fingerprint density at radius 1 is 0.788 bits per heavy atom. The fourth-order valence-electron chi connectivity index (χ4n) is 6.81. The summed E-state index contributed by atoms with van der Waals surface area (Å²) in [6.45, 7) is -0.0777. The number of carboxylic acids is 1. The monoisotopic (exact) mass is 719 g/mol. The molecule has 1 saturated heterocycles. The predicted molar refractivity (Wildman–Crippen MR) is 192 cm³/mol. The van der Waals surface area contributed by atoms with Gasteiger partial charge in [-0.3, -0.25) is 4.79 Å². The SMILES string of the molecule is COc1ccc(CC[C@@H](OC(=O)C2CCCCN2C(=O)C(CC2CC2)c2cc(OC)c(OC)c(OC)c2)c2cccc(OCC(=O)O)c2)cc1OC. The highest BCUT2D eigenvalue weighted by Crippen LogP contribution is 2.45. The van der Waals surface area contributed by atoms with E-state index >= 15 is 0 Å². The number of rotatable bonds is 18. The molecule has 52 heavy (non-hydrogen) atoms. The number of nitrogens with zero attached hydrogens (tertiary/aromatic N) is 1. The van der Waals surface area contributed by atoms with Crippen LogP contribution in [0.15, 0.2) is 54.6 Å². The van der Waals surface area contributed by atoms with Crippen LogP contribution < -0.4 is 28.4 Å². The van der Waals surface area contributed by atoms with E-state index < -0.39 is 36.6 Å². The Morgan fingerprint density at radius 3 is 2.13 bits per heavy atom. The van der Waals surface area contributed by atoms with E-state index in [1.165, 1.54) is 7.11 Å². The lowest BCUT2D eigenvalue weighted by atomic mass is 9.89. The molecule has 280 valence electrons. The predicted octanol–water partition coefficient (Wildman–Crippen LogP) is 6.38. The van der Waals surface area contributed by atoms with Crippen LogP contribution in [-0.4, -0.2) is 82.6 Å². The van der Waals surface area contributed by atoms with E-state index in [2.05, 4.69) is 0 Å². The molecule has 0 spiro atoms. The van der Waals surface area contributed by atoms with E-state index in [0.717, 1.165) is 36.8 Å². The van der Waals surface area contributed by atoms with E-state index in [0.29, 0.717) is 78.2 Å². The molecule has 3 aromatic carbocycles. The molecule has 0 aromatic heterocycles. The smallest absolute Gasteiger partial charge is 0.341 e. The van der Waals surface area contributed by atoms with Crippen molar-refractivity contribution in [1.29, 1.82) is 0 Å². The maximum Gasteiger partial charge on any atom is 0.341 e. The van der Waals surface area contributed by atoms with Gasteiger partial charge in [-0.2, -0.15) is 0 Å². The lowest BCUT2D eigenvalue weighted by Crippen LogP contribution is -2.50. The van der Waals surface area contributed by atoms with Crippen molar-refractivity contribution in [2.75, 3.05) is 48.7 Å². The van der Waals surface area contributed by atoms with E-state index in [-0.39, 0.29) is 5.91 Å². The number of piperidine rings is 1. The molecule has 2 unspecified atom stereocenters. The third-order valence-electron chi connectivity index (χ3n) is 9.71. The maximum atomic E-state index is 14.6. The second-order valence-corrected chi connectivity index (χ2v) is 13.1. The molecule has 2 fully saturated rings. The summed E-state index contributed by atoms with van der Waals surface area (Å²) in [5.41, 5.74) is 2.34. The number of aliphatic carboxylic acids is 1. The maximum absolute atomic E-state index is 14.6. The van der Waals surface area contributed by atoms with Gasteiger partial charge in [-0.25, -0.2) is 9.59 Å². The van der Waals surface area contributed by atoms with Crippen LogP contribution in [0, 0.1) is 5.92 Å². The normalized spacial score (nSPS) is 16.6. The van der Waals surface area contributed by atoms with Gasteiger partial charge in [0.25, 0.3) is 0 Å². The van der Waals surface area contributed by atoms with Crippen LogP contribution in [0.2, 0.25) is 0 Å². The summed E-state index contributed by atoms with van der Waals surface area (Å²) in [4.78, 5) is 41.7. The van der Waals surface area contributed by atoms with Crippen molar-refractivity contribution in [1.82, 2.24) is 4.90 Å². The number of methoxy groups -OCH3 is 5. The van der Waals surface area contributed by atoms with Crippen LogP contribution in [-0.2, 0) is 25.5 Å². The number of ether oxygens (including phenoxy) is 7. The average molecular weight is 720 g/mol. The fraction of sp³-hybridized carbons (Fsp3) is 0.475. The van der Waals surface area contributed by atoms with Gasteiger partial charge in [-0.05, 0) is 97.5 Å². The Balaban J connectivity index is 1.42. The number of hydrogen-bond donors (Lipinski definition) is 1. The second-order valence-electron chi connectivity index (χ2n) is 13.1. The van der Waals surface area contributed by atoms with Crippen molar-refractivity contribution in [2.45, 2.75) is 69.4 Å². The fourth-order valence-corrected chi connectivity index (χ4v) is 6.81. The molecule has 3 atom stereocenters. The number of carboxylic acid groups (broad SMARTS) is 1. The van der Waals surface area contributed by atoms with Gasteiger partial charge in [0.05, 0.1) is 41.5 Å². The molecule has 12 heteroatoms. The van der Waals surface area contributed by atoms with E-state index in [1.807, 2.05) is 36.4 Å². The van der Waals surface area contributed by atoms with Gasteiger partial charge in [0.15, 0.2) is 29.6 Å². The molecule has 12 nitrogen and oxygen atoms in total. The Morgan fingerprint density at radius 2 is 1.50 bits per heavy atom. The Labute approximate surface area is 304 Å². The lowest BCUT2D eigenvalue weighted by Gasteiger charge is -2.37. The lowest BCUT2D eigenvalue weighted by molar-refractivity contribution is -0.162. The molecule has 3 aromatic rings. The summed E-state index contributed by atoms with van der Waals surface area (Å²) in [5.74, 6) is 1.09. The third-order valence-corrected chi connectivity index (χ3v) is 9.71. The first-order valence-electron chi connectivity index (χ1n) is 17.7. The number of esters is 1. The highest BCUT2D eigenvalue weighted by molar-refractivity contribution is 5.89. The second kappa shape index (κ2) is 17.9. The first kappa shape index (κ1) is 38.1. The molecule has 2 aliphatic rings. The molecule has 1 N–H and O–H groups in total. The topological polar surface area (TPSA) is 139 Å². The van der Waals surface area contributed by atoms with Gasteiger partial charge >= 0.3 is 11.9 Å². The number of carbonyl (C=O) groups excluding carboxylic acids is 2. The van der Waals surface area contributed by atoms with Gasteiger partial charge in [-0.1, -0.05) is 31.0 Å². The Hall–Kier alpha value is -5.13. The molecular formula is C40H49NO11. The van der Waals surface area contributed by atoms with Crippen LogP contribution in [0.1, 0.15) is 73.7 Å². The van der Waals surface area contributed by atoms with Gasteiger partial charge in [0.2, 0.25) is 11.7 Å². The third kappa shape index (κ3) is 9.40. The summed E-state index contributed by atoms with van der Waals surface area (Å²) >= 11 is 0. The zero-order valence-corrected chi connectivity index (χ0v) is 30.6. The molecule has 1 heterocycles. The van der Waals surface area contributed by atoms with Gasteiger partial charge in [-0.15, -0.1) is 0 Å². The van der Waals surface area contributed by atoms with Crippen LogP contribution >= 0.6 is 0 Å². The summed E-state index contributed by atoms with van der Waals surface area (Å²) in [6.07, 6.45) is 4.98. The van der Waals surface area contributed by atoms with E-state index in [1.54, 1.807) is 51.5 Å². The number of likely N-dealkylation sites (tertiary alicyclic amines) is 1. The summed E-state index contributed by atoms with van der Waals surface area (Å²) in [6, 6.07) is 15.4. The largest absolute Gasteiger partial charge is 0.493 e. The molecule has 1 amide bonds. The molecule has 5 rings (SSSR count). The van der Waals surface area contributed by atoms with E-state index in [4.69, 9.17) is 38.3 Å². The van der Waals surface area contributed by atoms with Crippen LogP contribution in [0.4, 0.5) is 0 Å². The van der Waals surface area contributed by atoms with E-state index in [9.17, 15) is 14.4 Å². The molecular weight excluding hydrogens is 670 g/mol. The van der Waals surface area contributed by atoms with Crippen LogP contribution in [0.5, 0.6) is 34.5 Å². The quantitative estimate of drug-likeness (QED) is 0.147. The van der Waals surface area contributed by atoms with Crippen molar-refractivity contribution < 1.29 is 52.6 Å². The number of hydrogen-bond acceptors (Lipinski definition) is 10. The van der Waals surface area contributed by atoms with Crippen LogP contribution in [0.25, 0.3) is 0 Å². The Bertz CT molecular complexity index is 1680. The zero-order chi connectivity index (χ0) is 37.2. The van der Waals surface area contributed by atoms with Gasteiger partial charge in [0.1, 0.15) is 17.9 Å². The zero-order valence-electron chi connectivity index (χ0n) is 30.6. The number of benzene rings is 3. The summed E-state index contributed by atoms with van der Waals surface area (Å²) < 4.78 is 39.4. The summed E-state index contributed by atoms with van der Waals surface area (Å²) in [7, 11) is 7.78. The highest BCUT2D eigenvalue weighted by atomic mass is 16.5. The number of carbonyl (C=O) groups is 3. The van der Waals surface area contributed by atoms with Gasteiger partial charge in [0, 0.05) is 6.54 Å². The first-order valence-corrected chi connectivity index (χ1v) is 17.7. The molecule has 0 radical (unpaired) electrons. The standard InChI is InChI=1S/C40H49NO11/c1-46-33-17-15-26(20-34(33)47-2)14-16-32(27-9-8-10-29(21-27)51-24-37(42)43)52-40(45)31-11-6-7-18-41(31)39(44)30(19-25-12-13-25)28-22-35(48-3)38(50-5)36(23-28)49-4/h8-10,15,17,20-23,25,30-32H,6-7,11-14,16,18-19,24H2,1-5H3,(H,42,43)/t30?,31?,32-/m1/s1. The molecule has 1 aliphatic heterocycles. The minimum absolute atomic E-state index is 0.131. The molecule has 1 saturated carbocycles. The van der Waals surface area contributed by atoms with Crippen molar-refractivity contribution in [3.05, 3.63) is 71.3 Å². The Kier molecular flexibility index (Phi) is 13.1. The number of aryl methyl sites for hydroxylation is 1. The first-order chi connectivity index (χ1) is 25.2. The number of amides is 1. The molecule has 1 aliphatic carbocycles. The van der Waals surface area contributed by atoms with Crippen molar-refractivity contribution in [2.24, 2.45) is 5.92 Å². The van der Waals surface area contributed by atoms with Crippen molar-refractivity contribution in [3.8, 4) is 34.5 Å². The average Bonchev–Trinajstić information content (AvgIpc) is 4.01. The highest BCUT2D eigenvalue weighted by Gasteiger charge is 2.40. The minimum atomic E-state index is -1.10. The molecule has 0 bridgehead atoms.